The normalized spacial score (nSPS) is 20.6. The number of ketones is 1. The molecule has 2 aliphatic rings. The molecule has 124 valence electrons. The number of allylic oxidation sites excluding steroid dienone is 5. The summed E-state index contributed by atoms with van der Waals surface area (Å²) in [5.74, 6) is 0.0676. The fourth-order valence-corrected chi connectivity index (χ4v) is 4.13. The van der Waals surface area contributed by atoms with E-state index in [1.54, 1.807) is 0 Å². The zero-order chi connectivity index (χ0) is 17.8. The quantitative estimate of drug-likeness (QED) is 0.654. The van der Waals surface area contributed by atoms with Crippen molar-refractivity contribution in [3.8, 4) is 0 Å². The standard InChI is InChI=1S/C20H24BNO2/c1-7-13-9(3)17(21-11(13)5)15-19(23)16(20(15)24)18-10(4)14(8-2)12(6)22-18/h22-23H,7-8H2,1-6H3/b17-15-. The second-order valence-corrected chi connectivity index (χ2v) is 6.71. The Morgan fingerprint density at radius 3 is 2.17 bits per heavy atom. The number of Topliss-reactive ketones (excluding diaryl/α,β-unsaturated/α-hetero) is 1. The molecule has 1 aliphatic carbocycles. The number of aliphatic hydroxyl groups excluding tert-OH is 1. The third-order valence-corrected chi connectivity index (χ3v) is 5.44. The molecule has 0 amide bonds. The van der Waals surface area contributed by atoms with E-state index in [9.17, 15) is 9.90 Å². The van der Waals surface area contributed by atoms with E-state index < -0.39 is 0 Å². The number of aryl methyl sites for hydroxylation is 1. The zero-order valence-corrected chi connectivity index (χ0v) is 15.3. The monoisotopic (exact) mass is 321 g/mol. The van der Waals surface area contributed by atoms with Gasteiger partial charge in [0.25, 0.3) is 0 Å². The summed E-state index contributed by atoms with van der Waals surface area (Å²) < 4.78 is 0. The van der Waals surface area contributed by atoms with Crippen molar-refractivity contribution in [2.24, 2.45) is 0 Å². The van der Waals surface area contributed by atoms with Crippen molar-refractivity contribution in [2.75, 3.05) is 0 Å². The van der Waals surface area contributed by atoms with E-state index >= 15 is 0 Å². The Balaban J connectivity index is 2.15. The average Bonchev–Trinajstić information content (AvgIpc) is 2.96. The summed E-state index contributed by atoms with van der Waals surface area (Å²) in [6, 6.07) is 0. The van der Waals surface area contributed by atoms with Gasteiger partial charge in [-0.3, -0.25) is 0 Å². The van der Waals surface area contributed by atoms with E-state index in [1.165, 1.54) is 16.6 Å². The summed E-state index contributed by atoms with van der Waals surface area (Å²) in [5, 5.41) is 10.6. The number of hydrogen-bond acceptors (Lipinski definition) is 2. The summed E-state index contributed by atoms with van der Waals surface area (Å²) in [6.07, 6.45) is 1.85. The van der Waals surface area contributed by atoms with E-state index in [4.69, 9.17) is 0 Å². The van der Waals surface area contributed by atoms with Gasteiger partial charge in [-0.25, -0.2) is 0 Å². The molecule has 0 spiro atoms. The Morgan fingerprint density at radius 1 is 1.04 bits per heavy atom. The van der Waals surface area contributed by atoms with Crippen molar-refractivity contribution in [3.05, 3.63) is 50.5 Å². The SMILES string of the molecule is CCC1=C(C)/C(=C2/C(=O)C(c3[nH]c(C)c(CC)c3C)=C2O)B=C1C. The van der Waals surface area contributed by atoms with Crippen molar-refractivity contribution in [3.63, 3.8) is 0 Å². The summed E-state index contributed by atoms with van der Waals surface area (Å²) >= 11 is 0. The molecule has 3 nitrogen and oxygen atoms in total. The van der Waals surface area contributed by atoms with Crippen molar-refractivity contribution in [2.45, 2.75) is 54.4 Å². The molecule has 0 radical (unpaired) electrons. The Labute approximate surface area is 144 Å². The number of aromatic amines is 1. The van der Waals surface area contributed by atoms with E-state index in [2.05, 4.69) is 25.8 Å². The van der Waals surface area contributed by atoms with Crippen LogP contribution in [0.3, 0.4) is 0 Å². The van der Waals surface area contributed by atoms with Gasteiger partial charge >= 0.3 is 143 Å². The van der Waals surface area contributed by atoms with Crippen molar-refractivity contribution >= 4 is 23.7 Å². The molecule has 0 saturated carbocycles. The molecule has 0 fully saturated rings. The van der Waals surface area contributed by atoms with Gasteiger partial charge in [-0.1, -0.05) is 0 Å². The van der Waals surface area contributed by atoms with Crippen LogP contribution in [0.4, 0.5) is 0 Å². The number of rotatable bonds is 3. The van der Waals surface area contributed by atoms with Crippen LogP contribution in [0.15, 0.2) is 28.0 Å². The molecule has 1 aromatic rings. The molecule has 1 aliphatic heterocycles. The van der Waals surface area contributed by atoms with Gasteiger partial charge in [-0.15, -0.1) is 0 Å². The maximum atomic E-state index is 12.8. The van der Waals surface area contributed by atoms with Gasteiger partial charge in [-0.2, -0.15) is 0 Å². The number of aliphatic hydroxyl groups is 1. The van der Waals surface area contributed by atoms with Crippen molar-refractivity contribution in [1.29, 1.82) is 0 Å². The third kappa shape index (κ3) is 2.12. The molecule has 2 heterocycles. The molecule has 24 heavy (non-hydrogen) atoms. The molecular weight excluding hydrogens is 297 g/mol. The fraction of sp³-hybridized carbons (Fsp3) is 0.400. The molecule has 0 atom stereocenters. The van der Waals surface area contributed by atoms with Crippen molar-refractivity contribution in [1.82, 2.24) is 4.98 Å². The third-order valence-electron chi connectivity index (χ3n) is 5.44. The van der Waals surface area contributed by atoms with Crippen LogP contribution in [0.5, 0.6) is 0 Å². The van der Waals surface area contributed by atoms with E-state index in [0.717, 1.165) is 40.8 Å². The number of carbonyl (C=O) groups is 1. The van der Waals surface area contributed by atoms with Gasteiger partial charge in [0.1, 0.15) is 0 Å². The molecule has 0 bridgehead atoms. The summed E-state index contributed by atoms with van der Waals surface area (Å²) in [5.41, 5.74) is 9.47. The minimum atomic E-state index is -0.0599. The molecule has 2 N–H and O–H groups in total. The van der Waals surface area contributed by atoms with Gasteiger partial charge in [0.2, 0.25) is 0 Å². The summed E-state index contributed by atoms with van der Waals surface area (Å²) in [6.45, 7) is 14.4. The second kappa shape index (κ2) is 5.76. The molecular formula is C20H24BNO2. The Morgan fingerprint density at radius 2 is 1.71 bits per heavy atom. The fourth-order valence-electron chi connectivity index (χ4n) is 4.13. The van der Waals surface area contributed by atoms with Gasteiger partial charge in [0, 0.05) is 0 Å². The Bertz CT molecular complexity index is 891. The van der Waals surface area contributed by atoms with Crippen molar-refractivity contribution < 1.29 is 9.90 Å². The first-order chi connectivity index (χ1) is 11.3. The van der Waals surface area contributed by atoms with E-state index in [1.807, 2.05) is 27.7 Å². The molecule has 0 saturated heterocycles. The van der Waals surface area contributed by atoms with Crippen LogP contribution in [0, 0.1) is 13.8 Å². The van der Waals surface area contributed by atoms with Gasteiger partial charge in [-0.05, 0) is 0 Å². The first kappa shape index (κ1) is 16.8. The molecule has 0 unspecified atom stereocenters. The number of carbonyl (C=O) groups excluding carboxylic acids is 1. The Hall–Kier alpha value is -2.10. The average molecular weight is 321 g/mol. The van der Waals surface area contributed by atoms with Crippen LogP contribution >= 0.6 is 0 Å². The van der Waals surface area contributed by atoms with Crippen LogP contribution in [0.25, 0.3) is 5.57 Å². The van der Waals surface area contributed by atoms with E-state index in [-0.39, 0.29) is 11.5 Å². The van der Waals surface area contributed by atoms with Gasteiger partial charge in [0.05, 0.1) is 0 Å². The number of H-pyrrole nitrogens is 1. The summed E-state index contributed by atoms with van der Waals surface area (Å²) in [4.78, 5) is 16.1. The topological polar surface area (TPSA) is 53.1 Å². The Kier molecular flexibility index (Phi) is 4.02. The minimum absolute atomic E-state index is 0.0599. The summed E-state index contributed by atoms with van der Waals surface area (Å²) in [7, 11) is 0. The molecule has 4 heteroatoms. The molecule has 3 rings (SSSR count). The maximum absolute atomic E-state index is 12.8. The first-order valence-corrected chi connectivity index (χ1v) is 8.63. The molecule has 1 aromatic heterocycles. The predicted octanol–water partition coefficient (Wildman–Crippen LogP) is 3.94. The van der Waals surface area contributed by atoms with Gasteiger partial charge < -0.3 is 0 Å². The van der Waals surface area contributed by atoms with Crippen LogP contribution < -0.4 is 0 Å². The van der Waals surface area contributed by atoms with Crippen LogP contribution in [-0.4, -0.2) is 28.3 Å². The number of aromatic nitrogens is 1. The second-order valence-electron chi connectivity index (χ2n) is 6.71. The van der Waals surface area contributed by atoms with Crippen LogP contribution in [0.2, 0.25) is 0 Å². The zero-order valence-electron chi connectivity index (χ0n) is 15.3. The van der Waals surface area contributed by atoms with Crippen LogP contribution in [-0.2, 0) is 11.2 Å². The van der Waals surface area contributed by atoms with E-state index in [0.29, 0.717) is 11.1 Å². The first-order valence-electron chi connectivity index (χ1n) is 8.63. The predicted molar refractivity (Wildman–Crippen MR) is 101 cm³/mol. The molecule has 0 aromatic carbocycles. The van der Waals surface area contributed by atoms with Crippen LogP contribution in [0.1, 0.15) is 56.6 Å². The number of hydrogen-bond donors (Lipinski definition) is 2. The number of nitrogens with one attached hydrogen (secondary N) is 1. The van der Waals surface area contributed by atoms with Gasteiger partial charge in [0.15, 0.2) is 0 Å².